The monoisotopic (exact) mass is 490 g/mol. The van der Waals surface area contributed by atoms with Crippen LogP contribution in [0.2, 0.25) is 0 Å². The molecule has 0 spiro atoms. The van der Waals surface area contributed by atoms with Crippen LogP contribution in [-0.4, -0.2) is 59.0 Å². The molecule has 0 radical (unpaired) electrons. The van der Waals surface area contributed by atoms with E-state index in [1.807, 2.05) is 0 Å². The molecular weight excluding hydrogens is 464 g/mol. The van der Waals surface area contributed by atoms with Gasteiger partial charge in [0.1, 0.15) is 5.75 Å². The molecule has 0 aliphatic carbocycles. The van der Waals surface area contributed by atoms with E-state index in [2.05, 4.69) is 0 Å². The molecule has 2 aliphatic heterocycles. The predicted molar refractivity (Wildman–Crippen MR) is 126 cm³/mol. The lowest BCUT2D eigenvalue weighted by atomic mass is 10.1. The number of piperidine rings is 1. The van der Waals surface area contributed by atoms with Crippen LogP contribution in [0.1, 0.15) is 29.6 Å². The molecule has 1 amide bonds. The third kappa shape index (κ3) is 4.97. The maximum atomic E-state index is 13.5. The molecule has 2 aliphatic rings. The summed E-state index contributed by atoms with van der Waals surface area (Å²) in [6.45, 7) is 0.994. The second kappa shape index (κ2) is 9.28. The summed E-state index contributed by atoms with van der Waals surface area (Å²) in [4.78, 5) is 15.0. The van der Waals surface area contributed by atoms with Gasteiger partial charge in [-0.3, -0.25) is 4.79 Å². The van der Waals surface area contributed by atoms with Gasteiger partial charge in [0.25, 0.3) is 5.91 Å². The lowest BCUT2D eigenvalue weighted by Crippen LogP contribution is -2.41. The normalized spacial score (nSPS) is 20.5. The van der Waals surface area contributed by atoms with E-state index in [0.717, 1.165) is 24.7 Å². The first-order valence-electron chi connectivity index (χ1n) is 10.7. The molecular formula is C23H26N2O6S2. The van der Waals surface area contributed by atoms with Crippen LogP contribution in [0.25, 0.3) is 0 Å². The Morgan fingerprint density at radius 3 is 2.18 bits per heavy atom. The quantitative estimate of drug-likeness (QED) is 0.617. The van der Waals surface area contributed by atoms with Gasteiger partial charge in [0.15, 0.2) is 9.84 Å². The lowest BCUT2D eigenvalue weighted by molar-refractivity contribution is 0.0983. The second-order valence-electron chi connectivity index (χ2n) is 8.09. The predicted octanol–water partition coefficient (Wildman–Crippen LogP) is 2.83. The molecule has 1 saturated heterocycles. The molecule has 4 rings (SSSR count). The first kappa shape index (κ1) is 23.5. The van der Waals surface area contributed by atoms with E-state index in [0.29, 0.717) is 24.5 Å². The molecule has 10 heteroatoms. The fraction of sp³-hybridized carbons (Fsp3) is 0.348. The zero-order valence-electron chi connectivity index (χ0n) is 18.3. The average molecular weight is 491 g/mol. The van der Waals surface area contributed by atoms with Crippen molar-refractivity contribution in [2.24, 2.45) is 0 Å². The first-order chi connectivity index (χ1) is 15.7. The van der Waals surface area contributed by atoms with Crippen molar-refractivity contribution >= 4 is 31.5 Å². The molecule has 0 bridgehead atoms. The molecule has 2 heterocycles. The van der Waals surface area contributed by atoms with E-state index in [1.165, 1.54) is 46.7 Å². The Morgan fingerprint density at radius 2 is 1.64 bits per heavy atom. The van der Waals surface area contributed by atoms with Gasteiger partial charge in [0.2, 0.25) is 10.0 Å². The summed E-state index contributed by atoms with van der Waals surface area (Å²) in [5, 5.41) is 1.12. The zero-order valence-corrected chi connectivity index (χ0v) is 19.9. The fourth-order valence-electron chi connectivity index (χ4n) is 4.09. The van der Waals surface area contributed by atoms with Gasteiger partial charge in [-0.25, -0.2) is 16.8 Å². The average Bonchev–Trinajstić information content (AvgIpc) is 3.19. The first-order valence-corrected chi connectivity index (χ1v) is 13.9. The molecule has 176 valence electrons. The Bertz CT molecular complexity index is 1250. The number of anilines is 1. The molecule has 2 aromatic carbocycles. The highest BCUT2D eigenvalue weighted by Gasteiger charge is 2.32. The highest BCUT2D eigenvalue weighted by atomic mass is 32.2. The van der Waals surface area contributed by atoms with Gasteiger partial charge in [0.05, 0.1) is 23.8 Å². The molecule has 2 aromatic rings. The van der Waals surface area contributed by atoms with Crippen molar-refractivity contribution in [3.05, 3.63) is 65.6 Å². The van der Waals surface area contributed by atoms with Crippen LogP contribution < -0.4 is 9.64 Å². The lowest BCUT2D eigenvalue weighted by Gasteiger charge is -2.28. The van der Waals surface area contributed by atoms with Crippen molar-refractivity contribution in [1.82, 2.24) is 4.31 Å². The van der Waals surface area contributed by atoms with Crippen LogP contribution in [0.15, 0.2) is 64.9 Å². The minimum Gasteiger partial charge on any atom is -0.497 e. The Hall–Kier alpha value is -2.69. The summed E-state index contributed by atoms with van der Waals surface area (Å²) < 4.78 is 56.5. The molecule has 0 unspecified atom stereocenters. The maximum Gasteiger partial charge on any atom is 0.258 e. The second-order valence-corrected chi connectivity index (χ2v) is 12.0. The van der Waals surface area contributed by atoms with Gasteiger partial charge in [0, 0.05) is 29.7 Å². The molecule has 1 atom stereocenters. The number of carbonyl (C=O) groups is 1. The van der Waals surface area contributed by atoms with Gasteiger partial charge in [-0.05, 0) is 67.4 Å². The topological polar surface area (TPSA) is 101 Å². The van der Waals surface area contributed by atoms with Gasteiger partial charge < -0.3 is 9.64 Å². The summed E-state index contributed by atoms with van der Waals surface area (Å²) in [7, 11) is -5.48. The Balaban J connectivity index is 1.64. The number of sulfonamides is 1. The van der Waals surface area contributed by atoms with Crippen molar-refractivity contribution in [3.63, 3.8) is 0 Å². The molecule has 8 nitrogen and oxygen atoms in total. The van der Waals surface area contributed by atoms with Crippen LogP contribution in [0.4, 0.5) is 5.69 Å². The smallest absolute Gasteiger partial charge is 0.258 e. The number of methoxy groups -OCH3 is 1. The molecule has 0 saturated carbocycles. The third-order valence-corrected chi connectivity index (χ3v) is 9.16. The number of sulfone groups is 1. The number of nitrogens with zero attached hydrogens (tertiary/aromatic N) is 2. The molecule has 0 N–H and O–H groups in total. The Kier molecular flexibility index (Phi) is 6.60. The summed E-state index contributed by atoms with van der Waals surface area (Å²) >= 11 is 0. The van der Waals surface area contributed by atoms with E-state index in [4.69, 9.17) is 4.74 Å². The number of carbonyl (C=O) groups excluding carboxylic acids is 1. The zero-order chi connectivity index (χ0) is 23.6. The van der Waals surface area contributed by atoms with Crippen molar-refractivity contribution in [2.45, 2.75) is 30.2 Å². The van der Waals surface area contributed by atoms with E-state index in [-0.39, 0.29) is 16.2 Å². The van der Waals surface area contributed by atoms with Gasteiger partial charge >= 0.3 is 0 Å². The number of benzene rings is 2. The van der Waals surface area contributed by atoms with Crippen molar-refractivity contribution in [3.8, 4) is 5.75 Å². The van der Waals surface area contributed by atoms with Crippen LogP contribution in [-0.2, 0) is 19.9 Å². The van der Waals surface area contributed by atoms with Gasteiger partial charge in [-0.2, -0.15) is 4.31 Å². The summed E-state index contributed by atoms with van der Waals surface area (Å²) in [5.74, 6) is -0.0338. The van der Waals surface area contributed by atoms with E-state index >= 15 is 0 Å². The minimum absolute atomic E-state index is 0.139. The van der Waals surface area contributed by atoms with Gasteiger partial charge in [-0.1, -0.05) is 6.42 Å². The number of hydrogen-bond acceptors (Lipinski definition) is 6. The summed E-state index contributed by atoms with van der Waals surface area (Å²) in [6, 6.07) is 11.9. The Morgan fingerprint density at radius 1 is 1.00 bits per heavy atom. The Labute approximate surface area is 194 Å². The van der Waals surface area contributed by atoms with Crippen LogP contribution in [0, 0.1) is 0 Å². The number of amides is 1. The van der Waals surface area contributed by atoms with Crippen molar-refractivity contribution in [1.29, 1.82) is 0 Å². The number of ether oxygens (including phenoxy) is 1. The van der Waals surface area contributed by atoms with Crippen molar-refractivity contribution < 1.29 is 26.4 Å². The number of rotatable bonds is 6. The standard InChI is InChI=1S/C23H26N2O6S2/c1-31-21-9-7-19(8-10-21)25(20-13-16-32(27,28)17-20)23(26)18-5-11-22(12-6-18)33(29,30)24-14-3-2-4-15-24/h5-13,16,20H,2-4,14-15,17H2,1H3/t20-/m1/s1. The van der Waals surface area contributed by atoms with Crippen LogP contribution in [0.5, 0.6) is 5.75 Å². The third-order valence-electron chi connectivity index (χ3n) is 5.87. The van der Waals surface area contributed by atoms with Gasteiger partial charge in [-0.15, -0.1) is 0 Å². The maximum absolute atomic E-state index is 13.5. The molecule has 1 fully saturated rings. The van der Waals surface area contributed by atoms with E-state index in [9.17, 15) is 21.6 Å². The molecule has 0 aromatic heterocycles. The van der Waals surface area contributed by atoms with Crippen molar-refractivity contribution in [2.75, 3.05) is 30.9 Å². The van der Waals surface area contributed by atoms with Crippen LogP contribution >= 0.6 is 0 Å². The highest BCUT2D eigenvalue weighted by Crippen LogP contribution is 2.28. The fourth-order valence-corrected chi connectivity index (χ4v) is 6.87. The van der Waals surface area contributed by atoms with E-state index in [1.54, 1.807) is 24.3 Å². The number of hydrogen-bond donors (Lipinski definition) is 0. The van der Waals surface area contributed by atoms with Crippen LogP contribution in [0.3, 0.4) is 0 Å². The largest absolute Gasteiger partial charge is 0.497 e. The van der Waals surface area contributed by atoms with E-state index < -0.39 is 31.8 Å². The highest BCUT2D eigenvalue weighted by molar-refractivity contribution is 7.94. The molecule has 33 heavy (non-hydrogen) atoms. The summed E-state index contributed by atoms with van der Waals surface area (Å²) in [5.41, 5.74) is 0.777. The summed E-state index contributed by atoms with van der Waals surface area (Å²) in [6.07, 6.45) is 4.19. The minimum atomic E-state index is -3.61. The SMILES string of the molecule is COc1ccc(N(C(=O)c2ccc(S(=O)(=O)N3CCCCC3)cc2)[C@@H]2C=CS(=O)(=O)C2)cc1.